The summed E-state index contributed by atoms with van der Waals surface area (Å²) in [5.74, 6) is -1.86. The number of hydrogen-bond acceptors (Lipinski definition) is 6. The highest BCUT2D eigenvalue weighted by Crippen LogP contribution is 2.46. The van der Waals surface area contributed by atoms with E-state index in [-0.39, 0.29) is 11.1 Å². The van der Waals surface area contributed by atoms with Gasteiger partial charge in [-0.2, -0.15) is 0 Å². The lowest BCUT2D eigenvalue weighted by molar-refractivity contribution is -0.384. The molecule has 1 aliphatic heterocycles. The minimum Gasteiger partial charge on any atom is -0.339 e. The third-order valence-electron chi connectivity index (χ3n) is 7.00. The number of para-hydroxylation sites is 1. The fraction of sp³-hybridized carbons (Fsp3) is 0.0645. The monoisotopic (exact) mass is 581 g/mol. The van der Waals surface area contributed by atoms with Crippen LogP contribution in [0.15, 0.2) is 108 Å². The topological polar surface area (TPSA) is 110 Å². The summed E-state index contributed by atoms with van der Waals surface area (Å²) in [5, 5.41) is 15.5. The first-order valence-corrected chi connectivity index (χ1v) is 13.8. The Kier molecular flexibility index (Phi) is 6.82. The standard InChI is InChI=1S/C31H20ClN3O5S/c32-20-13-16-23-24(17-20)41-31-26(28(23)36)25(18-11-14-22(15-12-18)35(39)40)27(33-29(37)19-7-3-1-4-8-19)30(38)34(31)21-9-5-2-6-10-21/h1-17,25,27H,(H,33,37)/t25-,27-/m1/s1. The summed E-state index contributed by atoms with van der Waals surface area (Å²) < 4.78 is 0.601. The molecule has 1 aliphatic rings. The molecule has 5 aromatic rings. The molecule has 0 radical (unpaired) electrons. The number of halogens is 1. The van der Waals surface area contributed by atoms with Gasteiger partial charge in [-0.25, -0.2) is 0 Å². The summed E-state index contributed by atoms with van der Waals surface area (Å²) in [7, 11) is 0. The number of carbonyl (C=O) groups excluding carboxylic acids is 2. The molecule has 0 saturated heterocycles. The van der Waals surface area contributed by atoms with Gasteiger partial charge in [0.15, 0.2) is 5.43 Å². The number of nitro benzene ring substituents is 1. The number of hydrogen-bond donors (Lipinski definition) is 1. The normalized spacial score (nSPS) is 16.3. The molecule has 8 nitrogen and oxygen atoms in total. The summed E-state index contributed by atoms with van der Waals surface area (Å²) >= 11 is 7.51. The van der Waals surface area contributed by atoms with Crippen molar-refractivity contribution >= 4 is 61.2 Å². The van der Waals surface area contributed by atoms with Gasteiger partial charge in [-0.05, 0) is 48.0 Å². The molecule has 1 aromatic heterocycles. The van der Waals surface area contributed by atoms with Crippen LogP contribution in [0.3, 0.4) is 0 Å². The van der Waals surface area contributed by atoms with Crippen LogP contribution in [-0.4, -0.2) is 22.8 Å². The van der Waals surface area contributed by atoms with Gasteiger partial charge in [-0.1, -0.05) is 60.1 Å². The maximum atomic E-state index is 14.4. The van der Waals surface area contributed by atoms with Crippen molar-refractivity contribution in [3.05, 3.63) is 145 Å². The van der Waals surface area contributed by atoms with Gasteiger partial charge in [0.05, 0.1) is 4.92 Å². The first-order valence-electron chi connectivity index (χ1n) is 12.6. The Morgan fingerprint density at radius 1 is 0.902 bits per heavy atom. The number of carbonyl (C=O) groups is 2. The van der Waals surface area contributed by atoms with Crippen molar-refractivity contribution in [1.29, 1.82) is 0 Å². The lowest BCUT2D eigenvalue weighted by Crippen LogP contribution is -2.54. The third-order valence-corrected chi connectivity index (χ3v) is 8.39. The Balaban J connectivity index is 1.63. The quantitative estimate of drug-likeness (QED) is 0.190. The number of amides is 2. The van der Waals surface area contributed by atoms with Gasteiger partial charge in [0.25, 0.3) is 17.5 Å². The van der Waals surface area contributed by atoms with Crippen LogP contribution in [0.1, 0.15) is 27.4 Å². The van der Waals surface area contributed by atoms with Crippen molar-refractivity contribution in [2.45, 2.75) is 12.0 Å². The second kappa shape index (κ2) is 10.6. The SMILES string of the molecule is O=C(N[C@H]1C(=O)N(c2ccccc2)c2sc3cc(Cl)ccc3c(=O)c2[C@H]1c1ccc([N+](=O)[O-])cc1)c1ccccc1. The Hall–Kier alpha value is -4.86. The summed E-state index contributed by atoms with van der Waals surface area (Å²) in [4.78, 5) is 54.4. The van der Waals surface area contributed by atoms with Crippen molar-refractivity contribution in [2.24, 2.45) is 0 Å². The van der Waals surface area contributed by atoms with Crippen LogP contribution in [-0.2, 0) is 4.79 Å². The smallest absolute Gasteiger partial charge is 0.269 e. The molecule has 202 valence electrons. The van der Waals surface area contributed by atoms with Gasteiger partial charge >= 0.3 is 0 Å². The Bertz CT molecular complexity index is 1880. The highest BCUT2D eigenvalue weighted by atomic mass is 35.5. The molecule has 0 saturated carbocycles. The van der Waals surface area contributed by atoms with E-state index < -0.39 is 28.7 Å². The van der Waals surface area contributed by atoms with E-state index in [1.165, 1.54) is 40.5 Å². The van der Waals surface area contributed by atoms with Crippen LogP contribution in [0.25, 0.3) is 10.1 Å². The van der Waals surface area contributed by atoms with Crippen molar-refractivity contribution in [3.63, 3.8) is 0 Å². The molecule has 41 heavy (non-hydrogen) atoms. The molecule has 0 spiro atoms. The van der Waals surface area contributed by atoms with E-state index in [1.807, 2.05) is 6.07 Å². The Morgan fingerprint density at radius 3 is 2.22 bits per heavy atom. The summed E-state index contributed by atoms with van der Waals surface area (Å²) in [6.45, 7) is 0. The van der Waals surface area contributed by atoms with Gasteiger partial charge in [-0.15, -0.1) is 11.3 Å². The van der Waals surface area contributed by atoms with E-state index in [1.54, 1.807) is 72.8 Å². The first-order chi connectivity index (χ1) is 19.8. The fourth-order valence-electron chi connectivity index (χ4n) is 5.10. The number of anilines is 2. The molecule has 4 aromatic carbocycles. The molecule has 10 heteroatoms. The fourth-order valence-corrected chi connectivity index (χ4v) is 6.62. The molecule has 2 atom stereocenters. The molecular formula is C31H20ClN3O5S. The van der Waals surface area contributed by atoms with Crippen LogP contribution in [0, 0.1) is 10.1 Å². The molecule has 0 bridgehead atoms. The Morgan fingerprint density at radius 2 is 1.56 bits per heavy atom. The molecule has 0 fully saturated rings. The van der Waals surface area contributed by atoms with E-state index in [4.69, 9.17) is 11.6 Å². The zero-order valence-electron chi connectivity index (χ0n) is 21.2. The summed E-state index contributed by atoms with van der Waals surface area (Å²) in [6, 6.07) is 26.8. The molecule has 6 rings (SSSR count). The minimum atomic E-state index is -1.19. The van der Waals surface area contributed by atoms with E-state index >= 15 is 0 Å². The maximum absolute atomic E-state index is 14.4. The number of fused-ring (bicyclic) bond motifs is 2. The van der Waals surface area contributed by atoms with Gasteiger partial charge in [0, 0.05) is 50.0 Å². The minimum absolute atomic E-state index is 0.134. The molecule has 1 N–H and O–H groups in total. The van der Waals surface area contributed by atoms with E-state index in [2.05, 4.69) is 5.32 Å². The van der Waals surface area contributed by atoms with Gasteiger partial charge < -0.3 is 5.32 Å². The van der Waals surface area contributed by atoms with Gasteiger partial charge in [-0.3, -0.25) is 29.4 Å². The zero-order chi connectivity index (χ0) is 28.7. The van der Waals surface area contributed by atoms with Crippen molar-refractivity contribution in [3.8, 4) is 0 Å². The van der Waals surface area contributed by atoms with Crippen molar-refractivity contribution in [1.82, 2.24) is 5.32 Å². The van der Waals surface area contributed by atoms with Crippen LogP contribution in [0.4, 0.5) is 16.4 Å². The molecule has 2 heterocycles. The lowest BCUT2D eigenvalue weighted by atomic mass is 9.81. The predicted molar refractivity (Wildman–Crippen MR) is 159 cm³/mol. The molecular weight excluding hydrogens is 562 g/mol. The largest absolute Gasteiger partial charge is 0.339 e. The summed E-state index contributed by atoms with van der Waals surface area (Å²) in [5.41, 5.74) is 1.20. The van der Waals surface area contributed by atoms with Crippen molar-refractivity contribution < 1.29 is 14.5 Å². The van der Waals surface area contributed by atoms with E-state index in [9.17, 15) is 24.5 Å². The number of benzene rings is 4. The number of rotatable bonds is 5. The second-order valence-corrected chi connectivity index (χ2v) is 10.9. The lowest BCUT2D eigenvalue weighted by Gasteiger charge is -2.39. The van der Waals surface area contributed by atoms with Crippen LogP contribution in [0.5, 0.6) is 0 Å². The van der Waals surface area contributed by atoms with Crippen LogP contribution >= 0.6 is 22.9 Å². The predicted octanol–water partition coefficient (Wildman–Crippen LogP) is 6.43. The first kappa shape index (κ1) is 26.4. The highest BCUT2D eigenvalue weighted by molar-refractivity contribution is 7.22. The maximum Gasteiger partial charge on any atom is 0.269 e. The zero-order valence-corrected chi connectivity index (χ0v) is 22.8. The number of nitrogens with one attached hydrogen (secondary N) is 1. The van der Waals surface area contributed by atoms with Gasteiger partial charge in [0.1, 0.15) is 11.0 Å². The summed E-state index contributed by atoms with van der Waals surface area (Å²) in [6.07, 6.45) is 0. The average molecular weight is 582 g/mol. The third kappa shape index (κ3) is 4.75. The number of non-ortho nitro benzene ring substituents is 1. The van der Waals surface area contributed by atoms with Crippen molar-refractivity contribution in [2.75, 3.05) is 4.90 Å². The number of nitrogens with zero attached hydrogens (tertiary/aromatic N) is 2. The average Bonchev–Trinajstić information content (AvgIpc) is 2.98. The van der Waals surface area contributed by atoms with Gasteiger partial charge in [0.2, 0.25) is 0 Å². The van der Waals surface area contributed by atoms with Crippen LogP contribution in [0.2, 0.25) is 5.02 Å². The van der Waals surface area contributed by atoms with Crippen LogP contribution < -0.4 is 15.6 Å². The molecule has 0 aliphatic carbocycles. The molecule has 2 amide bonds. The number of nitro groups is 1. The second-order valence-electron chi connectivity index (χ2n) is 9.44. The van der Waals surface area contributed by atoms with E-state index in [0.29, 0.717) is 42.5 Å². The highest BCUT2D eigenvalue weighted by Gasteiger charge is 2.45. The van der Waals surface area contributed by atoms with E-state index in [0.717, 1.165) is 0 Å². The Labute approximate surface area is 242 Å². The molecule has 0 unspecified atom stereocenters.